The molecular weight excluding hydrogens is 276 g/mol. The molecule has 3 rings (SSSR count). The lowest BCUT2D eigenvalue weighted by Crippen LogP contribution is -2.03. The van der Waals surface area contributed by atoms with Crippen LogP contribution in [0.1, 0.15) is 21.6 Å². The highest BCUT2D eigenvalue weighted by atomic mass is 16.5. The maximum Gasteiger partial charge on any atom is 0.354 e. The van der Waals surface area contributed by atoms with Crippen molar-refractivity contribution in [1.29, 1.82) is 5.26 Å². The summed E-state index contributed by atoms with van der Waals surface area (Å²) in [5, 5.41) is 11.3. The minimum Gasteiger partial charge on any atom is -0.464 e. The van der Waals surface area contributed by atoms with Crippen molar-refractivity contribution >= 4 is 16.7 Å². The number of nitriles is 1. The zero-order valence-electron chi connectivity index (χ0n) is 12.3. The van der Waals surface area contributed by atoms with Crippen LogP contribution in [0, 0.1) is 18.3 Å². The molecule has 0 bridgehead atoms. The first kappa shape index (κ1) is 13.9. The molecule has 4 heteroatoms. The Balaban J connectivity index is 2.19. The van der Waals surface area contributed by atoms with Gasteiger partial charge in [0, 0.05) is 5.69 Å². The second kappa shape index (κ2) is 5.38. The summed E-state index contributed by atoms with van der Waals surface area (Å²) < 4.78 is 4.76. The van der Waals surface area contributed by atoms with Crippen molar-refractivity contribution < 1.29 is 9.53 Å². The van der Waals surface area contributed by atoms with E-state index in [1.807, 2.05) is 49.4 Å². The smallest absolute Gasteiger partial charge is 0.354 e. The molecule has 0 aliphatic carbocycles. The number of hydrogen-bond acceptors (Lipinski definition) is 3. The Morgan fingerprint density at radius 3 is 2.73 bits per heavy atom. The van der Waals surface area contributed by atoms with E-state index in [4.69, 9.17) is 4.74 Å². The van der Waals surface area contributed by atoms with Gasteiger partial charge in [-0.15, -0.1) is 0 Å². The van der Waals surface area contributed by atoms with Gasteiger partial charge >= 0.3 is 5.97 Å². The third-order valence-electron chi connectivity index (χ3n) is 3.70. The van der Waals surface area contributed by atoms with E-state index in [9.17, 15) is 10.1 Å². The SMILES string of the molecule is COC(=O)c1[nH]c(-c2cc(C#N)c3ccccc3c2)cc1C. The molecule has 0 unspecified atom stereocenters. The van der Waals surface area contributed by atoms with E-state index >= 15 is 0 Å². The van der Waals surface area contributed by atoms with E-state index < -0.39 is 5.97 Å². The topological polar surface area (TPSA) is 65.9 Å². The van der Waals surface area contributed by atoms with Gasteiger partial charge in [0.25, 0.3) is 0 Å². The number of carbonyl (C=O) groups excluding carboxylic acids is 1. The lowest BCUT2D eigenvalue weighted by molar-refractivity contribution is 0.0594. The van der Waals surface area contributed by atoms with E-state index in [0.29, 0.717) is 11.3 Å². The first-order valence-corrected chi connectivity index (χ1v) is 6.85. The molecule has 1 N–H and O–H groups in total. The Labute approximate surface area is 128 Å². The number of aryl methyl sites for hydroxylation is 1. The van der Waals surface area contributed by atoms with Gasteiger partial charge in [0.05, 0.1) is 18.7 Å². The van der Waals surface area contributed by atoms with Gasteiger partial charge in [0.15, 0.2) is 0 Å². The summed E-state index contributed by atoms with van der Waals surface area (Å²) in [6, 6.07) is 15.7. The van der Waals surface area contributed by atoms with Crippen LogP contribution in [-0.4, -0.2) is 18.1 Å². The summed E-state index contributed by atoms with van der Waals surface area (Å²) in [7, 11) is 1.35. The summed E-state index contributed by atoms with van der Waals surface area (Å²) in [5.41, 5.74) is 3.52. The van der Waals surface area contributed by atoms with Gasteiger partial charge in [-0.1, -0.05) is 24.3 Å². The number of aromatic amines is 1. The molecule has 1 heterocycles. The average Bonchev–Trinajstić information content (AvgIpc) is 2.95. The van der Waals surface area contributed by atoms with E-state index in [1.54, 1.807) is 0 Å². The summed E-state index contributed by atoms with van der Waals surface area (Å²) in [6.07, 6.45) is 0. The van der Waals surface area contributed by atoms with Crippen molar-refractivity contribution in [2.24, 2.45) is 0 Å². The van der Waals surface area contributed by atoms with Crippen LogP contribution in [0.2, 0.25) is 0 Å². The first-order valence-electron chi connectivity index (χ1n) is 6.85. The largest absolute Gasteiger partial charge is 0.464 e. The monoisotopic (exact) mass is 290 g/mol. The van der Waals surface area contributed by atoms with Gasteiger partial charge < -0.3 is 9.72 Å². The lowest BCUT2D eigenvalue weighted by Gasteiger charge is -2.04. The van der Waals surface area contributed by atoms with E-state index in [1.165, 1.54) is 7.11 Å². The Morgan fingerprint density at radius 2 is 2.00 bits per heavy atom. The number of esters is 1. The highest BCUT2D eigenvalue weighted by Crippen LogP contribution is 2.28. The molecule has 2 aromatic carbocycles. The molecule has 1 aromatic heterocycles. The average molecular weight is 290 g/mol. The van der Waals surface area contributed by atoms with Crippen molar-refractivity contribution in [3.63, 3.8) is 0 Å². The summed E-state index contributed by atoms with van der Waals surface area (Å²) in [5.74, 6) is -0.398. The number of carbonyl (C=O) groups is 1. The zero-order valence-corrected chi connectivity index (χ0v) is 12.3. The molecule has 3 aromatic rings. The summed E-state index contributed by atoms with van der Waals surface area (Å²) in [4.78, 5) is 14.8. The van der Waals surface area contributed by atoms with Gasteiger partial charge in [-0.2, -0.15) is 5.26 Å². The predicted octanol–water partition coefficient (Wildman–Crippen LogP) is 3.80. The third-order valence-corrected chi connectivity index (χ3v) is 3.70. The second-order valence-corrected chi connectivity index (χ2v) is 5.09. The van der Waals surface area contributed by atoms with Gasteiger partial charge in [0.2, 0.25) is 0 Å². The number of hydrogen-bond donors (Lipinski definition) is 1. The van der Waals surface area contributed by atoms with Crippen LogP contribution >= 0.6 is 0 Å². The Kier molecular flexibility index (Phi) is 3.40. The Bertz CT molecular complexity index is 916. The van der Waals surface area contributed by atoms with Crippen molar-refractivity contribution in [3.8, 4) is 17.3 Å². The van der Waals surface area contributed by atoms with Gasteiger partial charge in [-0.25, -0.2) is 4.79 Å². The number of H-pyrrole nitrogens is 1. The number of nitrogens with one attached hydrogen (secondary N) is 1. The maximum absolute atomic E-state index is 11.7. The van der Waals surface area contributed by atoms with Crippen LogP contribution in [0.5, 0.6) is 0 Å². The minimum absolute atomic E-state index is 0.398. The number of methoxy groups -OCH3 is 1. The van der Waals surface area contributed by atoms with Crippen molar-refractivity contribution in [1.82, 2.24) is 4.98 Å². The molecule has 0 atom stereocenters. The standard InChI is InChI=1S/C18H14N2O2/c1-11-7-16(20-17(11)18(21)22-2)13-8-12-5-3-4-6-15(12)14(9-13)10-19/h3-9,20H,1-2H3. The zero-order chi connectivity index (χ0) is 15.7. The fraction of sp³-hybridized carbons (Fsp3) is 0.111. The molecule has 0 saturated heterocycles. The minimum atomic E-state index is -0.398. The number of rotatable bonds is 2. The van der Waals surface area contributed by atoms with Crippen LogP contribution in [0.15, 0.2) is 42.5 Å². The van der Waals surface area contributed by atoms with Crippen molar-refractivity contribution in [3.05, 3.63) is 59.3 Å². The van der Waals surface area contributed by atoms with E-state index in [-0.39, 0.29) is 0 Å². The summed E-state index contributed by atoms with van der Waals surface area (Å²) in [6.45, 7) is 1.85. The second-order valence-electron chi connectivity index (χ2n) is 5.09. The molecule has 0 amide bonds. The Morgan fingerprint density at radius 1 is 1.23 bits per heavy atom. The van der Waals surface area contributed by atoms with Crippen LogP contribution < -0.4 is 0 Å². The highest BCUT2D eigenvalue weighted by Gasteiger charge is 2.14. The molecule has 0 aliphatic heterocycles. The van der Waals surface area contributed by atoms with Crippen LogP contribution in [0.3, 0.4) is 0 Å². The molecule has 0 aliphatic rings. The molecule has 108 valence electrons. The molecule has 4 nitrogen and oxygen atoms in total. The summed E-state index contributed by atoms with van der Waals surface area (Å²) >= 11 is 0. The molecule has 0 radical (unpaired) electrons. The van der Waals surface area contributed by atoms with Crippen LogP contribution in [0.4, 0.5) is 0 Å². The van der Waals surface area contributed by atoms with Crippen LogP contribution in [0.25, 0.3) is 22.0 Å². The third kappa shape index (κ3) is 2.23. The van der Waals surface area contributed by atoms with Crippen LogP contribution in [-0.2, 0) is 4.74 Å². The number of nitrogens with zero attached hydrogens (tertiary/aromatic N) is 1. The van der Waals surface area contributed by atoms with E-state index in [0.717, 1.165) is 27.6 Å². The lowest BCUT2D eigenvalue weighted by atomic mass is 10.00. The molecule has 22 heavy (non-hydrogen) atoms. The number of aromatic nitrogens is 1. The normalized spacial score (nSPS) is 10.4. The predicted molar refractivity (Wildman–Crippen MR) is 84.5 cm³/mol. The van der Waals surface area contributed by atoms with Gasteiger partial charge in [-0.05, 0) is 47.0 Å². The fourth-order valence-corrected chi connectivity index (χ4v) is 2.59. The quantitative estimate of drug-likeness (QED) is 0.730. The highest BCUT2D eigenvalue weighted by molar-refractivity contribution is 5.93. The van der Waals surface area contributed by atoms with Gasteiger partial charge in [0.1, 0.15) is 5.69 Å². The fourth-order valence-electron chi connectivity index (χ4n) is 2.59. The Hall–Kier alpha value is -3.06. The maximum atomic E-state index is 11.7. The molecule has 0 fully saturated rings. The first-order chi connectivity index (χ1) is 10.6. The number of ether oxygens (including phenoxy) is 1. The molecule has 0 saturated carbocycles. The van der Waals surface area contributed by atoms with Crippen molar-refractivity contribution in [2.75, 3.05) is 7.11 Å². The molecular formula is C18H14N2O2. The van der Waals surface area contributed by atoms with Crippen molar-refractivity contribution in [2.45, 2.75) is 6.92 Å². The number of benzene rings is 2. The van der Waals surface area contributed by atoms with E-state index in [2.05, 4.69) is 11.1 Å². The number of fused-ring (bicyclic) bond motifs is 1. The molecule has 0 spiro atoms. The van der Waals surface area contributed by atoms with Gasteiger partial charge in [-0.3, -0.25) is 0 Å².